The molecule has 0 saturated heterocycles. The molecule has 0 radical (unpaired) electrons. The monoisotopic (exact) mass is 393 g/mol. The van der Waals surface area contributed by atoms with E-state index in [1.165, 1.54) is 6.07 Å². The van der Waals surface area contributed by atoms with Crippen LogP contribution in [0.4, 0.5) is 18.9 Å². The molecule has 1 N–H and O–H groups in total. The molecular formula is C14H12Cl2F3N5O. The van der Waals surface area contributed by atoms with Crippen LogP contribution in [0.15, 0.2) is 18.2 Å². The van der Waals surface area contributed by atoms with Crippen LogP contribution in [-0.4, -0.2) is 38.7 Å². The number of hydrogen-bond acceptors (Lipinski definition) is 4. The minimum atomic E-state index is -4.54. The Balaban J connectivity index is 1.63. The number of benzene rings is 1. The van der Waals surface area contributed by atoms with Crippen molar-refractivity contribution < 1.29 is 18.0 Å². The number of anilines is 1. The number of alkyl halides is 3. The maximum Gasteiger partial charge on any atom is 0.451 e. The zero-order valence-electron chi connectivity index (χ0n) is 12.6. The smallest absolute Gasteiger partial charge is 0.325 e. The molecule has 25 heavy (non-hydrogen) atoms. The van der Waals surface area contributed by atoms with Gasteiger partial charge in [0.25, 0.3) is 0 Å². The molecule has 0 spiro atoms. The number of fused-ring (bicyclic) bond motifs is 1. The van der Waals surface area contributed by atoms with Crippen molar-refractivity contribution in [3.8, 4) is 0 Å². The van der Waals surface area contributed by atoms with E-state index in [2.05, 4.69) is 15.5 Å². The van der Waals surface area contributed by atoms with Gasteiger partial charge in [0.05, 0.1) is 13.1 Å². The van der Waals surface area contributed by atoms with Gasteiger partial charge in [-0.05, 0) is 18.2 Å². The number of nitrogens with zero attached hydrogens (tertiary/aromatic N) is 4. The average Bonchev–Trinajstić information content (AvgIpc) is 2.88. The van der Waals surface area contributed by atoms with Crippen molar-refractivity contribution in [1.82, 2.24) is 19.7 Å². The van der Waals surface area contributed by atoms with E-state index < -0.39 is 12.0 Å². The molecule has 6 nitrogen and oxygen atoms in total. The van der Waals surface area contributed by atoms with Crippen LogP contribution < -0.4 is 5.32 Å². The van der Waals surface area contributed by atoms with Crippen molar-refractivity contribution in [3.05, 3.63) is 39.9 Å². The molecule has 0 fully saturated rings. The van der Waals surface area contributed by atoms with E-state index in [9.17, 15) is 18.0 Å². The van der Waals surface area contributed by atoms with Gasteiger partial charge in [-0.15, -0.1) is 10.2 Å². The Morgan fingerprint density at radius 2 is 1.84 bits per heavy atom. The largest absolute Gasteiger partial charge is 0.451 e. The van der Waals surface area contributed by atoms with Crippen molar-refractivity contribution >= 4 is 34.8 Å². The Morgan fingerprint density at radius 3 is 2.48 bits per heavy atom. The van der Waals surface area contributed by atoms with Crippen molar-refractivity contribution in [3.63, 3.8) is 0 Å². The molecule has 2 aromatic rings. The first-order valence-corrected chi connectivity index (χ1v) is 7.95. The average molecular weight is 394 g/mol. The zero-order chi connectivity index (χ0) is 18.2. The first-order valence-electron chi connectivity index (χ1n) is 7.20. The van der Waals surface area contributed by atoms with Gasteiger partial charge in [-0.25, -0.2) is 0 Å². The molecule has 1 aromatic heterocycles. The lowest BCUT2D eigenvalue weighted by Crippen LogP contribution is -2.40. The first kappa shape index (κ1) is 18.0. The summed E-state index contributed by atoms with van der Waals surface area (Å²) in [5.74, 6) is -1.17. The third kappa shape index (κ3) is 4.23. The van der Waals surface area contributed by atoms with Crippen molar-refractivity contribution in [2.45, 2.75) is 19.3 Å². The molecule has 3 rings (SSSR count). The number of carbonyl (C=O) groups is 1. The van der Waals surface area contributed by atoms with Crippen LogP contribution >= 0.6 is 23.2 Å². The number of carbonyl (C=O) groups excluding carboxylic acids is 1. The molecule has 1 aromatic carbocycles. The van der Waals surface area contributed by atoms with Crippen LogP contribution in [0.3, 0.4) is 0 Å². The normalized spacial score (nSPS) is 15.1. The summed E-state index contributed by atoms with van der Waals surface area (Å²) in [5.41, 5.74) is 0.446. The van der Waals surface area contributed by atoms with Gasteiger partial charge in [0.1, 0.15) is 5.82 Å². The van der Waals surface area contributed by atoms with Crippen LogP contribution in [0.5, 0.6) is 0 Å². The van der Waals surface area contributed by atoms with Gasteiger partial charge in [0.2, 0.25) is 11.7 Å². The van der Waals surface area contributed by atoms with Crippen LogP contribution in [0.25, 0.3) is 0 Å². The van der Waals surface area contributed by atoms with Gasteiger partial charge in [-0.3, -0.25) is 9.69 Å². The zero-order valence-corrected chi connectivity index (χ0v) is 14.2. The third-order valence-electron chi connectivity index (χ3n) is 3.60. The van der Waals surface area contributed by atoms with Crippen molar-refractivity contribution in [2.75, 3.05) is 18.4 Å². The third-order valence-corrected chi connectivity index (χ3v) is 4.04. The lowest BCUT2D eigenvalue weighted by molar-refractivity contribution is -0.148. The molecule has 134 valence electrons. The van der Waals surface area contributed by atoms with E-state index in [0.717, 1.165) is 4.57 Å². The number of aromatic nitrogens is 3. The quantitative estimate of drug-likeness (QED) is 0.870. The summed E-state index contributed by atoms with van der Waals surface area (Å²) in [6, 6.07) is 4.63. The maximum atomic E-state index is 12.8. The summed E-state index contributed by atoms with van der Waals surface area (Å²) in [6.07, 6.45) is -4.54. The minimum Gasteiger partial charge on any atom is -0.325 e. The van der Waals surface area contributed by atoms with Crippen molar-refractivity contribution in [2.24, 2.45) is 0 Å². The van der Waals surface area contributed by atoms with Crippen LogP contribution in [0.2, 0.25) is 10.0 Å². The number of hydrogen-bond donors (Lipinski definition) is 1. The molecular weight excluding hydrogens is 382 g/mol. The lowest BCUT2D eigenvalue weighted by Gasteiger charge is -2.27. The van der Waals surface area contributed by atoms with Crippen molar-refractivity contribution in [1.29, 1.82) is 0 Å². The predicted octanol–water partition coefficient (Wildman–Crippen LogP) is 3.06. The van der Waals surface area contributed by atoms with E-state index in [1.807, 2.05) is 0 Å². The molecule has 1 amide bonds. The number of amides is 1. The highest BCUT2D eigenvalue weighted by Gasteiger charge is 2.39. The van der Waals surface area contributed by atoms with E-state index >= 15 is 0 Å². The molecule has 0 aliphatic carbocycles. The van der Waals surface area contributed by atoms with Gasteiger partial charge in [0.15, 0.2) is 0 Å². The molecule has 0 saturated carbocycles. The Hall–Kier alpha value is -1.84. The van der Waals surface area contributed by atoms with Gasteiger partial charge in [0, 0.05) is 28.8 Å². The predicted molar refractivity (Wildman–Crippen MR) is 85.4 cm³/mol. The topological polar surface area (TPSA) is 63.1 Å². The fourth-order valence-electron chi connectivity index (χ4n) is 2.58. The number of rotatable bonds is 3. The van der Waals surface area contributed by atoms with E-state index in [1.54, 1.807) is 17.0 Å². The standard InChI is InChI=1S/C14H12Cl2F3N5O/c15-8-3-9(16)5-10(4-8)20-12(25)7-23-1-2-24-11(6-23)21-22-13(24)14(17,18)19/h3-5H,1-2,6-7H2,(H,20,25). The highest BCUT2D eigenvalue weighted by molar-refractivity contribution is 6.35. The number of nitrogens with one attached hydrogen (secondary N) is 1. The van der Waals surface area contributed by atoms with Crippen LogP contribution in [-0.2, 0) is 24.1 Å². The fourth-order valence-corrected chi connectivity index (χ4v) is 3.11. The Bertz CT molecular complexity index is 788. The summed E-state index contributed by atoms with van der Waals surface area (Å²) >= 11 is 11.7. The highest BCUT2D eigenvalue weighted by atomic mass is 35.5. The Labute approximate surface area is 150 Å². The van der Waals surface area contributed by atoms with Gasteiger partial charge < -0.3 is 9.88 Å². The second-order valence-electron chi connectivity index (χ2n) is 5.51. The molecule has 0 unspecified atom stereocenters. The molecule has 1 aliphatic heterocycles. The minimum absolute atomic E-state index is 0.00164. The maximum absolute atomic E-state index is 12.8. The van der Waals surface area contributed by atoms with E-state index in [4.69, 9.17) is 23.2 Å². The van der Waals surface area contributed by atoms with E-state index in [0.29, 0.717) is 15.7 Å². The summed E-state index contributed by atoms with van der Waals surface area (Å²) in [4.78, 5) is 13.8. The summed E-state index contributed by atoms with van der Waals surface area (Å²) < 4.78 is 39.4. The Morgan fingerprint density at radius 1 is 1.16 bits per heavy atom. The second kappa shape index (κ2) is 6.81. The van der Waals surface area contributed by atoms with Gasteiger partial charge >= 0.3 is 6.18 Å². The molecule has 0 atom stereocenters. The first-order chi connectivity index (χ1) is 11.7. The molecule has 2 heterocycles. The molecule has 11 heteroatoms. The Kier molecular flexibility index (Phi) is 4.90. The fraction of sp³-hybridized carbons (Fsp3) is 0.357. The SMILES string of the molecule is O=C(CN1CCn2c(nnc2C(F)(F)F)C1)Nc1cc(Cl)cc(Cl)c1. The second-order valence-corrected chi connectivity index (χ2v) is 6.38. The highest BCUT2D eigenvalue weighted by Crippen LogP contribution is 2.29. The molecule has 1 aliphatic rings. The summed E-state index contributed by atoms with van der Waals surface area (Å²) in [7, 11) is 0. The summed E-state index contributed by atoms with van der Waals surface area (Å²) in [6.45, 7) is 0.441. The summed E-state index contributed by atoms with van der Waals surface area (Å²) in [5, 5.41) is 10.2. The van der Waals surface area contributed by atoms with E-state index in [-0.39, 0.29) is 37.9 Å². The van der Waals surface area contributed by atoms with Crippen LogP contribution in [0, 0.1) is 0 Å². The van der Waals surface area contributed by atoms with Crippen LogP contribution in [0.1, 0.15) is 11.6 Å². The number of halogens is 5. The molecule has 0 bridgehead atoms. The van der Waals surface area contributed by atoms with Gasteiger partial charge in [-0.2, -0.15) is 13.2 Å². The lowest BCUT2D eigenvalue weighted by atomic mass is 10.3. The van der Waals surface area contributed by atoms with Gasteiger partial charge in [-0.1, -0.05) is 23.2 Å².